The lowest BCUT2D eigenvalue weighted by Gasteiger charge is -2.40. The highest BCUT2D eigenvalue weighted by Gasteiger charge is 2.41. The molecule has 17 heavy (non-hydrogen) atoms. The van der Waals surface area contributed by atoms with Crippen LogP contribution in [0.4, 0.5) is 13.6 Å². The lowest BCUT2D eigenvalue weighted by Crippen LogP contribution is -2.49. The van der Waals surface area contributed by atoms with E-state index in [1.165, 1.54) is 0 Å². The third-order valence-corrected chi connectivity index (χ3v) is 3.45. The Bertz CT molecular complexity index is 277. The van der Waals surface area contributed by atoms with Gasteiger partial charge >= 0.3 is 6.09 Å². The van der Waals surface area contributed by atoms with Gasteiger partial charge in [0.15, 0.2) is 0 Å². The highest BCUT2D eigenvalue weighted by Crippen LogP contribution is 2.40. The van der Waals surface area contributed by atoms with E-state index in [9.17, 15) is 13.6 Å². The second-order valence-electron chi connectivity index (χ2n) is 5.99. The van der Waals surface area contributed by atoms with Crippen LogP contribution in [0.2, 0.25) is 0 Å². The minimum atomic E-state index is -2.57. The molecular formula is C12H21F2NO2. The molecule has 1 aliphatic carbocycles. The van der Waals surface area contributed by atoms with Gasteiger partial charge in [0.1, 0.15) is 0 Å². The quantitative estimate of drug-likeness (QED) is 0.787. The zero-order chi connectivity index (χ0) is 13.3. The van der Waals surface area contributed by atoms with Gasteiger partial charge in [0.05, 0.1) is 0 Å². The Kier molecular flexibility index (Phi) is 3.99. The Balaban J connectivity index is 2.69. The second kappa shape index (κ2) is 4.78. The van der Waals surface area contributed by atoms with Crippen molar-refractivity contribution >= 4 is 6.09 Å². The highest BCUT2D eigenvalue weighted by molar-refractivity contribution is 5.65. The summed E-state index contributed by atoms with van der Waals surface area (Å²) in [5.41, 5.74) is -0.254. The summed E-state index contributed by atoms with van der Waals surface area (Å²) in [5.74, 6) is -2.56. The van der Waals surface area contributed by atoms with Crippen molar-refractivity contribution < 1.29 is 18.7 Å². The van der Waals surface area contributed by atoms with Crippen LogP contribution in [0.3, 0.4) is 0 Å². The molecule has 0 aromatic heterocycles. The molecule has 0 radical (unpaired) electrons. The van der Waals surface area contributed by atoms with Crippen molar-refractivity contribution in [1.29, 1.82) is 0 Å². The van der Waals surface area contributed by atoms with Gasteiger partial charge in [-0.25, -0.2) is 13.6 Å². The molecule has 0 spiro atoms. The number of halogens is 2. The maximum atomic E-state index is 13.1. The Morgan fingerprint density at radius 1 is 1.35 bits per heavy atom. The van der Waals surface area contributed by atoms with Crippen LogP contribution in [0, 0.1) is 11.3 Å². The minimum Gasteiger partial charge on any atom is -0.465 e. The molecule has 1 atom stereocenters. The van der Waals surface area contributed by atoms with Crippen LogP contribution >= 0.6 is 0 Å². The number of nitrogens with one attached hydrogen (secondary N) is 1. The number of hydrogen-bond donors (Lipinski definition) is 2. The molecule has 1 unspecified atom stereocenters. The van der Waals surface area contributed by atoms with Gasteiger partial charge in [-0.05, 0) is 24.2 Å². The third kappa shape index (κ3) is 4.13. The highest BCUT2D eigenvalue weighted by atomic mass is 19.3. The predicted octanol–water partition coefficient (Wildman–Crippen LogP) is 3.49. The average Bonchev–Trinajstić information content (AvgIpc) is 2.13. The van der Waals surface area contributed by atoms with Gasteiger partial charge in [0.25, 0.3) is 0 Å². The fourth-order valence-electron chi connectivity index (χ4n) is 2.57. The first kappa shape index (κ1) is 14.2. The molecular weight excluding hydrogens is 228 g/mol. The molecule has 5 heteroatoms. The van der Waals surface area contributed by atoms with E-state index in [1.54, 1.807) is 0 Å². The van der Waals surface area contributed by atoms with E-state index in [-0.39, 0.29) is 30.2 Å². The molecule has 2 N–H and O–H groups in total. The smallest absolute Gasteiger partial charge is 0.404 e. The molecule has 1 amide bonds. The number of carbonyl (C=O) groups is 1. The lowest BCUT2D eigenvalue weighted by atomic mass is 9.72. The Morgan fingerprint density at radius 2 is 1.82 bits per heavy atom. The number of rotatable bonds is 2. The zero-order valence-electron chi connectivity index (χ0n) is 10.6. The van der Waals surface area contributed by atoms with Crippen LogP contribution in [0.25, 0.3) is 0 Å². The Morgan fingerprint density at radius 3 is 2.18 bits per heavy atom. The molecule has 1 saturated carbocycles. The first-order valence-electron chi connectivity index (χ1n) is 5.99. The topological polar surface area (TPSA) is 49.3 Å². The zero-order valence-corrected chi connectivity index (χ0v) is 10.6. The summed E-state index contributed by atoms with van der Waals surface area (Å²) < 4.78 is 26.1. The van der Waals surface area contributed by atoms with E-state index >= 15 is 0 Å². The molecule has 1 aliphatic rings. The molecule has 0 saturated heterocycles. The number of hydrogen-bond acceptors (Lipinski definition) is 1. The second-order valence-corrected chi connectivity index (χ2v) is 5.99. The van der Waals surface area contributed by atoms with Crippen molar-refractivity contribution in [3.8, 4) is 0 Å². The molecule has 0 heterocycles. The van der Waals surface area contributed by atoms with E-state index in [0.717, 1.165) is 0 Å². The van der Waals surface area contributed by atoms with Gasteiger partial charge in [0, 0.05) is 18.9 Å². The van der Waals surface area contributed by atoms with Crippen molar-refractivity contribution in [2.24, 2.45) is 11.3 Å². The molecule has 3 nitrogen and oxygen atoms in total. The Hall–Kier alpha value is -0.870. The summed E-state index contributed by atoms with van der Waals surface area (Å²) in [5, 5.41) is 11.3. The predicted molar refractivity (Wildman–Crippen MR) is 61.3 cm³/mol. The van der Waals surface area contributed by atoms with E-state index in [2.05, 4.69) is 5.32 Å². The van der Waals surface area contributed by atoms with E-state index in [0.29, 0.717) is 12.8 Å². The normalized spacial score (nSPS) is 23.1. The van der Waals surface area contributed by atoms with Crippen molar-refractivity contribution in [2.75, 3.05) is 0 Å². The van der Waals surface area contributed by atoms with Gasteiger partial charge in [-0.1, -0.05) is 20.8 Å². The summed E-state index contributed by atoms with van der Waals surface area (Å²) in [6, 6.07) is -0.268. The van der Waals surface area contributed by atoms with Gasteiger partial charge in [0.2, 0.25) is 5.92 Å². The van der Waals surface area contributed by atoms with Gasteiger partial charge in [-0.2, -0.15) is 0 Å². The molecule has 0 aliphatic heterocycles. The van der Waals surface area contributed by atoms with E-state index < -0.39 is 12.0 Å². The van der Waals surface area contributed by atoms with Crippen LogP contribution in [0.1, 0.15) is 46.5 Å². The summed E-state index contributed by atoms with van der Waals surface area (Å²) in [6.45, 7) is 5.79. The third-order valence-electron chi connectivity index (χ3n) is 3.45. The largest absolute Gasteiger partial charge is 0.465 e. The maximum Gasteiger partial charge on any atom is 0.404 e. The standard InChI is InChI=1S/C12H21F2NO2/c1-11(2,3)9(15-10(16)17)8-4-6-12(13,14)7-5-8/h8-9,15H,4-7H2,1-3H3,(H,16,17). The van der Waals surface area contributed by atoms with Gasteiger partial charge < -0.3 is 10.4 Å². The van der Waals surface area contributed by atoms with Crippen LogP contribution in [-0.2, 0) is 0 Å². The fourth-order valence-corrected chi connectivity index (χ4v) is 2.57. The van der Waals surface area contributed by atoms with Crippen molar-refractivity contribution in [3.05, 3.63) is 0 Å². The molecule has 1 rings (SSSR count). The van der Waals surface area contributed by atoms with E-state index in [1.807, 2.05) is 20.8 Å². The number of carboxylic acid groups (broad SMARTS) is 1. The first-order chi connectivity index (χ1) is 7.62. The van der Waals surface area contributed by atoms with Crippen LogP contribution in [-0.4, -0.2) is 23.2 Å². The molecule has 0 aromatic rings. The molecule has 0 aromatic carbocycles. The Labute approximate surface area is 101 Å². The van der Waals surface area contributed by atoms with Gasteiger partial charge in [-0.3, -0.25) is 0 Å². The van der Waals surface area contributed by atoms with Crippen LogP contribution < -0.4 is 5.32 Å². The first-order valence-corrected chi connectivity index (χ1v) is 5.99. The SMILES string of the molecule is CC(C)(C)C(NC(=O)O)C1CCC(F)(F)CC1. The summed E-state index contributed by atoms with van der Waals surface area (Å²) in [7, 11) is 0. The molecule has 1 fully saturated rings. The number of alkyl halides is 2. The van der Waals surface area contributed by atoms with E-state index in [4.69, 9.17) is 5.11 Å². The van der Waals surface area contributed by atoms with Crippen molar-refractivity contribution in [1.82, 2.24) is 5.32 Å². The van der Waals surface area contributed by atoms with Crippen LogP contribution in [0.15, 0.2) is 0 Å². The number of amides is 1. The fraction of sp³-hybridized carbons (Fsp3) is 0.917. The summed E-state index contributed by atoms with van der Waals surface area (Å²) in [4.78, 5) is 10.8. The maximum absolute atomic E-state index is 13.1. The summed E-state index contributed by atoms with van der Waals surface area (Å²) in [6.07, 6.45) is -0.580. The van der Waals surface area contributed by atoms with Crippen molar-refractivity contribution in [2.45, 2.75) is 58.4 Å². The average molecular weight is 249 g/mol. The molecule has 100 valence electrons. The van der Waals surface area contributed by atoms with Crippen molar-refractivity contribution in [3.63, 3.8) is 0 Å². The summed E-state index contributed by atoms with van der Waals surface area (Å²) >= 11 is 0. The lowest BCUT2D eigenvalue weighted by molar-refractivity contribution is -0.0540. The molecule has 0 bridgehead atoms. The monoisotopic (exact) mass is 249 g/mol. The minimum absolute atomic E-state index is 0.00530. The van der Waals surface area contributed by atoms with Gasteiger partial charge in [-0.15, -0.1) is 0 Å². The van der Waals surface area contributed by atoms with Crippen LogP contribution in [0.5, 0.6) is 0 Å².